The molecule has 0 bridgehead atoms. The second kappa shape index (κ2) is 18.0. The molecule has 0 spiro atoms. The smallest absolute Gasteiger partial charge is 0.0783 e. The molecule has 0 saturated heterocycles. The van der Waals surface area contributed by atoms with Gasteiger partial charge in [0, 0.05) is 6.61 Å². The first-order chi connectivity index (χ1) is 10.1. The summed E-state index contributed by atoms with van der Waals surface area (Å²) in [6.45, 7) is 5.13. The van der Waals surface area contributed by atoms with Gasteiger partial charge in [0.1, 0.15) is 0 Å². The molecule has 0 aromatic rings. The lowest BCUT2D eigenvalue weighted by Gasteiger charge is -2.29. The number of quaternary nitrogens is 1. The predicted molar refractivity (Wildman–Crippen MR) is 94.6 cm³/mol. The van der Waals surface area contributed by atoms with Gasteiger partial charge >= 0.3 is 0 Å². The minimum Gasteiger partial charge on any atom is -1.00 e. The van der Waals surface area contributed by atoms with Crippen LogP contribution >= 0.6 is 0 Å². The number of halogens is 1. The highest BCUT2D eigenvalue weighted by atomic mass is 127. The maximum atomic E-state index is 8.83. The van der Waals surface area contributed by atoms with Crippen molar-refractivity contribution in [1.29, 1.82) is 0 Å². The predicted octanol–water partition coefficient (Wildman–Crippen LogP) is 2.15. The Hall–Kier alpha value is 0.650. The van der Waals surface area contributed by atoms with Gasteiger partial charge in [0.05, 0.1) is 27.2 Å². The number of aliphatic hydroxyl groups excluding tert-OH is 1. The fourth-order valence-electron chi connectivity index (χ4n) is 2.97. The van der Waals surface area contributed by atoms with Gasteiger partial charge in [0.15, 0.2) is 0 Å². The summed E-state index contributed by atoms with van der Waals surface area (Å²) in [6.07, 6.45) is 17.8. The number of unbranched alkanes of at least 4 members (excludes halogenated alkanes) is 11. The summed E-state index contributed by atoms with van der Waals surface area (Å²) in [4.78, 5) is 0. The average molecular weight is 427 g/mol. The van der Waals surface area contributed by atoms with Crippen molar-refractivity contribution in [2.75, 3.05) is 33.8 Å². The van der Waals surface area contributed by atoms with E-state index in [0.717, 1.165) is 17.3 Å². The fraction of sp³-hybridized carbons (Fsp3) is 1.00. The summed E-state index contributed by atoms with van der Waals surface area (Å²) in [5.41, 5.74) is 0. The number of rotatable bonds is 16. The zero-order valence-corrected chi connectivity index (χ0v) is 17.7. The monoisotopic (exact) mass is 427 g/mol. The first-order valence-electron chi connectivity index (χ1n) is 9.55. The fourth-order valence-corrected chi connectivity index (χ4v) is 2.97. The Kier molecular flexibility index (Phi) is 20.4. The average Bonchev–Trinajstić information content (AvgIpc) is 2.45. The van der Waals surface area contributed by atoms with E-state index >= 15 is 0 Å². The lowest BCUT2D eigenvalue weighted by molar-refractivity contribution is -0.890. The number of nitrogens with zero attached hydrogens (tertiary/aromatic N) is 1. The first-order valence-corrected chi connectivity index (χ1v) is 9.55. The summed E-state index contributed by atoms with van der Waals surface area (Å²) < 4.78 is 1.12. The minimum absolute atomic E-state index is 0. The molecule has 0 radical (unpaired) electrons. The van der Waals surface area contributed by atoms with Gasteiger partial charge in [-0.25, -0.2) is 0 Å². The molecule has 0 aliphatic heterocycles. The van der Waals surface area contributed by atoms with E-state index < -0.39 is 0 Å². The third-order valence-corrected chi connectivity index (χ3v) is 4.54. The summed E-state index contributed by atoms with van der Waals surface area (Å²) in [6, 6.07) is 0. The SMILES string of the molecule is CCCCCCCCCCCCC[N+](C)(C)CCCCO.[I-]. The van der Waals surface area contributed by atoms with E-state index in [0.29, 0.717) is 6.61 Å². The Morgan fingerprint density at radius 2 is 0.955 bits per heavy atom. The molecular weight excluding hydrogens is 385 g/mol. The van der Waals surface area contributed by atoms with Crippen molar-refractivity contribution in [3.8, 4) is 0 Å². The maximum absolute atomic E-state index is 8.83. The van der Waals surface area contributed by atoms with Crippen LogP contribution in [0.4, 0.5) is 0 Å². The van der Waals surface area contributed by atoms with Crippen LogP contribution in [0.5, 0.6) is 0 Å². The summed E-state index contributed by atoms with van der Waals surface area (Å²) in [5, 5.41) is 8.83. The molecule has 0 amide bonds. The van der Waals surface area contributed by atoms with Gasteiger partial charge in [-0.3, -0.25) is 0 Å². The highest BCUT2D eigenvalue weighted by molar-refractivity contribution is 4.48. The standard InChI is InChI=1S/C19H42NO.HI/c1-4-5-6-7-8-9-10-11-12-13-14-17-20(2,3)18-15-16-19-21;/h21H,4-19H2,1-3H3;1H/q+1;/p-1. The number of hydrogen-bond acceptors (Lipinski definition) is 1. The molecule has 0 heterocycles. The molecule has 2 nitrogen and oxygen atoms in total. The largest absolute Gasteiger partial charge is 1.00 e. The van der Waals surface area contributed by atoms with E-state index in [1.54, 1.807) is 0 Å². The molecule has 0 saturated carbocycles. The van der Waals surface area contributed by atoms with Gasteiger partial charge in [0.2, 0.25) is 0 Å². The molecule has 3 heteroatoms. The van der Waals surface area contributed by atoms with Crippen LogP contribution in [-0.2, 0) is 0 Å². The molecule has 22 heavy (non-hydrogen) atoms. The van der Waals surface area contributed by atoms with Gasteiger partial charge in [0.25, 0.3) is 0 Å². The highest BCUT2D eigenvalue weighted by Crippen LogP contribution is 2.12. The first kappa shape index (κ1) is 24.9. The Balaban J connectivity index is 0. The maximum Gasteiger partial charge on any atom is 0.0783 e. The molecule has 0 aliphatic carbocycles. The Labute approximate surface area is 157 Å². The molecular formula is C19H42INO. The topological polar surface area (TPSA) is 20.2 Å². The highest BCUT2D eigenvalue weighted by Gasteiger charge is 2.13. The number of hydrogen-bond donors (Lipinski definition) is 1. The van der Waals surface area contributed by atoms with Gasteiger partial charge < -0.3 is 33.6 Å². The van der Waals surface area contributed by atoms with E-state index in [1.165, 1.54) is 83.7 Å². The molecule has 0 fully saturated rings. The van der Waals surface area contributed by atoms with Crippen molar-refractivity contribution in [1.82, 2.24) is 0 Å². The number of aliphatic hydroxyl groups is 1. The van der Waals surface area contributed by atoms with Crippen molar-refractivity contribution in [2.45, 2.75) is 90.4 Å². The van der Waals surface area contributed by atoms with Crippen LogP contribution < -0.4 is 24.0 Å². The second-order valence-corrected chi connectivity index (χ2v) is 7.35. The Bertz CT molecular complexity index is 210. The zero-order valence-electron chi connectivity index (χ0n) is 15.6. The summed E-state index contributed by atoms with van der Waals surface area (Å²) >= 11 is 0. The lowest BCUT2D eigenvalue weighted by atomic mass is 10.1. The summed E-state index contributed by atoms with van der Waals surface area (Å²) in [7, 11) is 4.65. The molecule has 136 valence electrons. The van der Waals surface area contributed by atoms with Crippen molar-refractivity contribution in [2.24, 2.45) is 0 Å². The van der Waals surface area contributed by atoms with E-state index in [1.807, 2.05) is 0 Å². The third kappa shape index (κ3) is 18.7. The molecule has 0 atom stereocenters. The Morgan fingerprint density at radius 1 is 0.591 bits per heavy atom. The molecule has 0 aliphatic rings. The van der Waals surface area contributed by atoms with Crippen LogP contribution in [0.15, 0.2) is 0 Å². The zero-order chi connectivity index (χ0) is 15.8. The van der Waals surface area contributed by atoms with E-state index in [9.17, 15) is 0 Å². The van der Waals surface area contributed by atoms with E-state index in [2.05, 4.69) is 21.0 Å². The van der Waals surface area contributed by atoms with Crippen molar-refractivity contribution in [3.05, 3.63) is 0 Å². The van der Waals surface area contributed by atoms with Crippen molar-refractivity contribution < 1.29 is 33.6 Å². The third-order valence-electron chi connectivity index (χ3n) is 4.54. The van der Waals surface area contributed by atoms with Gasteiger partial charge in [-0.05, 0) is 25.7 Å². The second-order valence-electron chi connectivity index (χ2n) is 7.35. The van der Waals surface area contributed by atoms with Crippen molar-refractivity contribution >= 4 is 0 Å². The van der Waals surface area contributed by atoms with Gasteiger partial charge in [-0.15, -0.1) is 0 Å². The van der Waals surface area contributed by atoms with Crippen LogP contribution in [-0.4, -0.2) is 43.4 Å². The molecule has 0 rings (SSSR count). The molecule has 0 unspecified atom stereocenters. The lowest BCUT2D eigenvalue weighted by Crippen LogP contribution is -3.00. The molecule has 1 N–H and O–H groups in total. The van der Waals surface area contributed by atoms with Crippen molar-refractivity contribution in [3.63, 3.8) is 0 Å². The molecule has 0 aromatic carbocycles. The summed E-state index contributed by atoms with van der Waals surface area (Å²) in [5.74, 6) is 0. The quantitative estimate of drug-likeness (QED) is 0.227. The van der Waals surface area contributed by atoms with Crippen LogP contribution in [0.25, 0.3) is 0 Å². The van der Waals surface area contributed by atoms with E-state index in [4.69, 9.17) is 5.11 Å². The van der Waals surface area contributed by atoms with Gasteiger partial charge in [-0.1, -0.05) is 64.7 Å². The minimum atomic E-state index is 0. The van der Waals surface area contributed by atoms with Crippen LogP contribution in [0.2, 0.25) is 0 Å². The molecule has 0 aromatic heterocycles. The van der Waals surface area contributed by atoms with Crippen LogP contribution in [0.3, 0.4) is 0 Å². The van der Waals surface area contributed by atoms with Crippen LogP contribution in [0, 0.1) is 0 Å². The normalized spacial score (nSPS) is 11.5. The van der Waals surface area contributed by atoms with E-state index in [-0.39, 0.29) is 24.0 Å². The van der Waals surface area contributed by atoms with Gasteiger partial charge in [-0.2, -0.15) is 0 Å². The van der Waals surface area contributed by atoms with Crippen LogP contribution in [0.1, 0.15) is 90.4 Å². The Morgan fingerprint density at radius 3 is 1.36 bits per heavy atom.